The van der Waals surface area contributed by atoms with Crippen LogP contribution in [0.25, 0.3) is 0 Å². The molecule has 1 aromatic rings. The average molecular weight is 446 g/mol. The van der Waals surface area contributed by atoms with Crippen LogP contribution in [0.15, 0.2) is 16.6 Å². The van der Waals surface area contributed by atoms with Crippen LogP contribution in [0.4, 0.5) is 16.2 Å². The summed E-state index contributed by atoms with van der Waals surface area (Å²) in [5.74, 6) is 0.147. The van der Waals surface area contributed by atoms with Gasteiger partial charge in [0, 0.05) is 36.2 Å². The van der Waals surface area contributed by atoms with Crippen molar-refractivity contribution in [2.75, 3.05) is 38.3 Å². The van der Waals surface area contributed by atoms with Gasteiger partial charge in [-0.2, -0.15) is 0 Å². The lowest BCUT2D eigenvalue weighted by Crippen LogP contribution is -2.57. The predicted molar refractivity (Wildman–Crippen MR) is 103 cm³/mol. The lowest BCUT2D eigenvalue weighted by molar-refractivity contribution is -0.385. The third-order valence-electron chi connectivity index (χ3n) is 4.11. The summed E-state index contributed by atoms with van der Waals surface area (Å²) in [6, 6.07) is 2.52. The number of hydrogen-bond donors (Lipinski definition) is 1. The number of nitro benzene ring substituents is 1. The molecule has 1 saturated heterocycles. The van der Waals surface area contributed by atoms with Crippen molar-refractivity contribution in [2.45, 2.75) is 32.4 Å². The van der Waals surface area contributed by atoms with Gasteiger partial charge in [-0.3, -0.25) is 15.0 Å². The first-order chi connectivity index (χ1) is 12.6. The van der Waals surface area contributed by atoms with E-state index in [-0.39, 0.29) is 18.0 Å². The van der Waals surface area contributed by atoms with Crippen LogP contribution in [-0.2, 0) is 4.74 Å². The Morgan fingerprint density at radius 3 is 2.59 bits per heavy atom. The van der Waals surface area contributed by atoms with Crippen molar-refractivity contribution in [1.29, 1.82) is 0 Å². The third-order valence-corrected chi connectivity index (χ3v) is 4.74. The number of carbonyl (C=O) groups excluding carboxylic acids is 1. The first-order valence-electron chi connectivity index (χ1n) is 8.44. The Balaban J connectivity index is 2.23. The Hall–Kier alpha value is -2.07. The van der Waals surface area contributed by atoms with Crippen molar-refractivity contribution in [3.8, 4) is 5.75 Å². The fourth-order valence-corrected chi connectivity index (χ4v) is 3.45. The molecule has 1 aliphatic rings. The summed E-state index contributed by atoms with van der Waals surface area (Å²) in [6.07, 6.45) is -0.471. The number of benzene rings is 1. The molecule has 0 aliphatic carbocycles. The summed E-state index contributed by atoms with van der Waals surface area (Å²) in [4.78, 5) is 26.5. The van der Waals surface area contributed by atoms with Crippen LogP contribution in [-0.4, -0.2) is 66.0 Å². The first kappa shape index (κ1) is 21.2. The standard InChI is InChI=1S/C17H24BrN3O6/c1-17(2,3)27-16(23)20-6-5-19(9-11(20)10-22)13-8-15(26-4)14(21(24)25)7-12(13)18/h7-8,11,22H,5-6,9-10H2,1-4H3. The van der Waals surface area contributed by atoms with Gasteiger partial charge < -0.3 is 19.5 Å². The molecule has 1 aliphatic heterocycles. The Morgan fingerprint density at radius 2 is 2.07 bits per heavy atom. The van der Waals surface area contributed by atoms with E-state index in [9.17, 15) is 20.0 Å². The van der Waals surface area contributed by atoms with Gasteiger partial charge in [-0.1, -0.05) is 0 Å². The molecule has 1 amide bonds. The summed E-state index contributed by atoms with van der Waals surface area (Å²) in [5, 5.41) is 20.9. The van der Waals surface area contributed by atoms with E-state index >= 15 is 0 Å². The second kappa shape index (κ2) is 8.30. The Bertz CT molecular complexity index is 721. The zero-order valence-electron chi connectivity index (χ0n) is 15.8. The highest BCUT2D eigenvalue weighted by molar-refractivity contribution is 9.10. The quantitative estimate of drug-likeness (QED) is 0.560. The summed E-state index contributed by atoms with van der Waals surface area (Å²) in [6.45, 7) is 6.33. The molecule has 1 aromatic carbocycles. The van der Waals surface area contributed by atoms with Crippen LogP contribution in [0.1, 0.15) is 20.8 Å². The van der Waals surface area contributed by atoms with Crippen LogP contribution in [0, 0.1) is 10.1 Å². The van der Waals surface area contributed by atoms with Crippen LogP contribution >= 0.6 is 15.9 Å². The Morgan fingerprint density at radius 1 is 1.41 bits per heavy atom. The third kappa shape index (κ3) is 5.01. The van der Waals surface area contributed by atoms with Crippen LogP contribution in [0.5, 0.6) is 5.75 Å². The fraction of sp³-hybridized carbons (Fsp3) is 0.588. The van der Waals surface area contributed by atoms with Crippen molar-refractivity contribution < 1.29 is 24.3 Å². The minimum atomic E-state index is -0.622. The zero-order valence-corrected chi connectivity index (χ0v) is 17.4. The number of aliphatic hydroxyl groups is 1. The molecule has 0 radical (unpaired) electrons. The van der Waals surface area contributed by atoms with Crippen LogP contribution in [0.2, 0.25) is 0 Å². The molecule has 1 heterocycles. The molecule has 0 saturated carbocycles. The van der Waals surface area contributed by atoms with Gasteiger partial charge in [0.05, 0.1) is 30.4 Å². The van der Waals surface area contributed by atoms with E-state index in [2.05, 4.69) is 15.9 Å². The van der Waals surface area contributed by atoms with Crippen molar-refractivity contribution in [3.63, 3.8) is 0 Å². The molecule has 1 N–H and O–H groups in total. The molecular formula is C17H24BrN3O6. The number of hydrogen-bond acceptors (Lipinski definition) is 7. The molecule has 1 fully saturated rings. The smallest absolute Gasteiger partial charge is 0.410 e. The van der Waals surface area contributed by atoms with Gasteiger partial charge in [-0.15, -0.1) is 0 Å². The molecule has 2 rings (SSSR count). The van der Waals surface area contributed by atoms with E-state index in [1.54, 1.807) is 26.8 Å². The maximum absolute atomic E-state index is 12.4. The highest BCUT2D eigenvalue weighted by Crippen LogP contribution is 2.38. The number of anilines is 1. The highest BCUT2D eigenvalue weighted by atomic mass is 79.9. The first-order valence-corrected chi connectivity index (χ1v) is 9.24. The van der Waals surface area contributed by atoms with E-state index in [1.807, 2.05) is 4.90 Å². The van der Waals surface area contributed by atoms with Crippen molar-refractivity contribution >= 4 is 33.4 Å². The number of ether oxygens (including phenoxy) is 2. The lowest BCUT2D eigenvalue weighted by Gasteiger charge is -2.42. The summed E-state index contributed by atoms with van der Waals surface area (Å²) < 4.78 is 11.1. The molecule has 9 nitrogen and oxygen atoms in total. The second-order valence-electron chi connectivity index (χ2n) is 7.19. The van der Waals surface area contributed by atoms with Crippen LogP contribution in [0.3, 0.4) is 0 Å². The molecule has 27 heavy (non-hydrogen) atoms. The number of nitro groups is 1. The number of piperazine rings is 1. The predicted octanol–water partition coefficient (Wildman–Crippen LogP) is 2.78. The molecule has 150 valence electrons. The minimum Gasteiger partial charge on any atom is -0.490 e. The molecule has 0 aromatic heterocycles. The van der Waals surface area contributed by atoms with E-state index in [0.717, 1.165) is 0 Å². The fourth-order valence-electron chi connectivity index (χ4n) is 2.87. The maximum atomic E-state index is 12.4. The molecule has 1 atom stereocenters. The molecular weight excluding hydrogens is 422 g/mol. The maximum Gasteiger partial charge on any atom is 0.410 e. The Labute approximate surface area is 166 Å². The molecule has 0 bridgehead atoms. The molecule has 1 unspecified atom stereocenters. The minimum absolute atomic E-state index is 0.140. The van der Waals surface area contributed by atoms with Crippen molar-refractivity contribution in [3.05, 3.63) is 26.7 Å². The van der Waals surface area contributed by atoms with E-state index in [0.29, 0.717) is 29.8 Å². The van der Waals surface area contributed by atoms with Gasteiger partial charge in [0.1, 0.15) is 5.60 Å². The number of rotatable bonds is 4. The number of aliphatic hydroxyl groups excluding tert-OH is 1. The van der Waals surface area contributed by atoms with Crippen molar-refractivity contribution in [1.82, 2.24) is 4.90 Å². The van der Waals surface area contributed by atoms with Gasteiger partial charge in [-0.25, -0.2) is 4.79 Å². The normalized spacial score (nSPS) is 17.6. The number of nitrogens with zero attached hydrogens (tertiary/aromatic N) is 3. The topological polar surface area (TPSA) is 105 Å². The van der Waals surface area contributed by atoms with Gasteiger partial charge in [0.25, 0.3) is 0 Å². The van der Waals surface area contributed by atoms with Crippen LogP contribution < -0.4 is 9.64 Å². The van der Waals surface area contributed by atoms with Gasteiger partial charge in [0.2, 0.25) is 0 Å². The number of amides is 1. The highest BCUT2D eigenvalue weighted by Gasteiger charge is 2.34. The second-order valence-corrected chi connectivity index (χ2v) is 8.04. The van der Waals surface area contributed by atoms with Gasteiger partial charge in [0.15, 0.2) is 5.75 Å². The zero-order chi connectivity index (χ0) is 20.4. The SMILES string of the molecule is COc1cc(N2CCN(C(=O)OC(C)(C)C)C(CO)C2)c(Br)cc1[N+](=O)[O-]. The van der Waals surface area contributed by atoms with Gasteiger partial charge in [-0.05, 0) is 36.7 Å². The van der Waals surface area contributed by atoms with E-state index in [1.165, 1.54) is 18.1 Å². The number of carbonyl (C=O) groups is 1. The van der Waals surface area contributed by atoms with E-state index in [4.69, 9.17) is 9.47 Å². The number of methoxy groups -OCH3 is 1. The van der Waals surface area contributed by atoms with Gasteiger partial charge >= 0.3 is 11.8 Å². The number of halogens is 1. The molecule has 0 spiro atoms. The summed E-state index contributed by atoms with van der Waals surface area (Å²) >= 11 is 3.37. The van der Waals surface area contributed by atoms with E-state index < -0.39 is 22.7 Å². The largest absolute Gasteiger partial charge is 0.490 e. The average Bonchev–Trinajstić information content (AvgIpc) is 2.59. The Kier molecular flexibility index (Phi) is 6.53. The van der Waals surface area contributed by atoms with Crippen molar-refractivity contribution in [2.24, 2.45) is 0 Å². The molecule has 10 heteroatoms. The summed E-state index contributed by atoms with van der Waals surface area (Å²) in [5.41, 5.74) is -0.0674. The summed E-state index contributed by atoms with van der Waals surface area (Å²) in [7, 11) is 1.37. The lowest BCUT2D eigenvalue weighted by atomic mass is 10.1. The monoisotopic (exact) mass is 445 g/mol.